The van der Waals surface area contributed by atoms with Crippen molar-refractivity contribution in [2.75, 3.05) is 7.05 Å². The van der Waals surface area contributed by atoms with E-state index in [9.17, 15) is 0 Å². The van der Waals surface area contributed by atoms with Gasteiger partial charge in [0.25, 0.3) is 0 Å². The largest absolute Gasteiger partial charge is 0.300 e. The lowest BCUT2D eigenvalue weighted by Crippen LogP contribution is -2.40. The molecule has 0 aliphatic heterocycles. The van der Waals surface area contributed by atoms with Gasteiger partial charge in [-0.2, -0.15) is 0 Å². The number of hydrogen-bond acceptors (Lipinski definition) is 1. The van der Waals surface area contributed by atoms with E-state index >= 15 is 0 Å². The molecule has 0 saturated heterocycles. The highest BCUT2D eigenvalue weighted by Gasteiger charge is 2.22. The summed E-state index contributed by atoms with van der Waals surface area (Å²) in [6, 6.07) is 1.77. The van der Waals surface area contributed by atoms with E-state index in [0.717, 1.165) is 12.1 Å². The van der Waals surface area contributed by atoms with Crippen LogP contribution in [0.4, 0.5) is 0 Å². The quantitative estimate of drug-likeness (QED) is 0.576. The molecule has 0 spiro atoms. The first-order valence-corrected chi connectivity index (χ1v) is 10.1. The minimum Gasteiger partial charge on any atom is -0.300 e. The normalized spacial score (nSPS) is 26.0. The highest BCUT2D eigenvalue weighted by Crippen LogP contribution is 2.26. The van der Waals surface area contributed by atoms with Crippen molar-refractivity contribution in [1.29, 1.82) is 0 Å². The summed E-state index contributed by atoms with van der Waals surface area (Å²) < 4.78 is 0. The Morgan fingerprint density at radius 2 is 0.667 bits per heavy atom. The fraction of sp³-hybridized carbons (Fsp3) is 1.00. The van der Waals surface area contributed by atoms with E-state index in [1.807, 2.05) is 0 Å². The Morgan fingerprint density at radius 1 is 0.429 bits per heavy atom. The van der Waals surface area contributed by atoms with Gasteiger partial charge < -0.3 is 4.90 Å². The van der Waals surface area contributed by atoms with Crippen LogP contribution in [-0.4, -0.2) is 24.0 Å². The molecule has 0 heterocycles. The second-order valence-corrected chi connectivity index (χ2v) is 7.72. The molecule has 0 bridgehead atoms. The minimum absolute atomic E-state index is 0.883. The molecule has 0 aromatic rings. The van der Waals surface area contributed by atoms with Gasteiger partial charge in [0.15, 0.2) is 0 Å². The Bertz CT molecular complexity index is 230. The molecule has 2 aliphatic carbocycles. The highest BCUT2D eigenvalue weighted by molar-refractivity contribution is 4.78. The van der Waals surface area contributed by atoms with Gasteiger partial charge in [-0.3, -0.25) is 0 Å². The third kappa shape index (κ3) is 6.72. The van der Waals surface area contributed by atoms with Crippen LogP contribution in [0.3, 0.4) is 0 Å². The summed E-state index contributed by atoms with van der Waals surface area (Å²) >= 11 is 0. The molecular weight excluding hydrogens is 254 g/mol. The van der Waals surface area contributed by atoms with Crippen molar-refractivity contribution in [3.8, 4) is 0 Å². The summed E-state index contributed by atoms with van der Waals surface area (Å²) in [4.78, 5) is 2.83. The summed E-state index contributed by atoms with van der Waals surface area (Å²) in [6.07, 6.45) is 25.1. The molecule has 0 aromatic heterocycles. The van der Waals surface area contributed by atoms with Crippen molar-refractivity contribution >= 4 is 0 Å². The van der Waals surface area contributed by atoms with E-state index in [0.29, 0.717) is 0 Å². The van der Waals surface area contributed by atoms with Crippen molar-refractivity contribution in [3.05, 3.63) is 0 Å². The molecule has 0 radical (unpaired) electrons. The van der Waals surface area contributed by atoms with Gasteiger partial charge in [-0.15, -0.1) is 0 Å². The summed E-state index contributed by atoms with van der Waals surface area (Å²) in [5.41, 5.74) is 0. The topological polar surface area (TPSA) is 3.24 Å². The van der Waals surface area contributed by atoms with Crippen molar-refractivity contribution < 1.29 is 0 Å². The summed E-state index contributed by atoms with van der Waals surface area (Å²) in [6.45, 7) is 0. The Hall–Kier alpha value is -0.0400. The Balaban J connectivity index is 1.85. The third-order valence-electron chi connectivity index (χ3n) is 6.05. The van der Waals surface area contributed by atoms with Crippen LogP contribution in [-0.2, 0) is 0 Å². The van der Waals surface area contributed by atoms with Crippen molar-refractivity contribution in [1.82, 2.24) is 4.90 Å². The van der Waals surface area contributed by atoms with Crippen molar-refractivity contribution in [3.63, 3.8) is 0 Å². The summed E-state index contributed by atoms with van der Waals surface area (Å²) in [5, 5.41) is 0. The maximum atomic E-state index is 2.83. The first-order chi connectivity index (χ1) is 10.4. The van der Waals surface area contributed by atoms with Gasteiger partial charge in [-0.1, -0.05) is 83.5 Å². The van der Waals surface area contributed by atoms with Gasteiger partial charge >= 0.3 is 0 Å². The van der Waals surface area contributed by atoms with Crippen molar-refractivity contribution in [2.24, 2.45) is 0 Å². The van der Waals surface area contributed by atoms with Crippen LogP contribution in [0.25, 0.3) is 0 Å². The first kappa shape index (κ1) is 17.3. The molecule has 124 valence electrons. The lowest BCUT2D eigenvalue weighted by atomic mass is 9.94. The van der Waals surface area contributed by atoms with Crippen LogP contribution in [0.5, 0.6) is 0 Å². The smallest absolute Gasteiger partial charge is 0.00951 e. The maximum absolute atomic E-state index is 2.83. The van der Waals surface area contributed by atoms with Crippen LogP contribution in [0, 0.1) is 0 Å². The second-order valence-electron chi connectivity index (χ2n) is 7.72. The van der Waals surface area contributed by atoms with Gasteiger partial charge in [0.1, 0.15) is 0 Å². The first-order valence-electron chi connectivity index (χ1n) is 10.1. The van der Waals surface area contributed by atoms with Gasteiger partial charge in [-0.05, 0) is 32.7 Å². The molecule has 2 saturated carbocycles. The van der Waals surface area contributed by atoms with E-state index in [1.54, 1.807) is 0 Å². The van der Waals surface area contributed by atoms with E-state index < -0.39 is 0 Å². The summed E-state index contributed by atoms with van der Waals surface area (Å²) in [7, 11) is 2.46. The fourth-order valence-electron chi connectivity index (χ4n) is 4.51. The van der Waals surface area contributed by atoms with E-state index in [2.05, 4.69) is 11.9 Å². The van der Waals surface area contributed by atoms with Gasteiger partial charge in [0.2, 0.25) is 0 Å². The molecule has 2 aliphatic rings. The highest BCUT2D eigenvalue weighted by atomic mass is 15.2. The van der Waals surface area contributed by atoms with Crippen LogP contribution in [0.1, 0.15) is 109 Å². The van der Waals surface area contributed by atoms with Gasteiger partial charge in [-0.25, -0.2) is 0 Å². The SMILES string of the molecule is CN(C1CCCCCCCCC1)C1CCCCCCCC1. The standard InChI is InChI=1S/C20H39N/c1-21(20-17-13-9-5-6-10-14-18-20)19-15-11-7-3-2-4-8-12-16-19/h19-20H,2-18H2,1H3. The van der Waals surface area contributed by atoms with Crippen LogP contribution < -0.4 is 0 Å². The Morgan fingerprint density at radius 3 is 0.952 bits per heavy atom. The van der Waals surface area contributed by atoms with Gasteiger partial charge in [0.05, 0.1) is 0 Å². The Kier molecular flexibility index (Phi) is 8.78. The second kappa shape index (κ2) is 10.6. The van der Waals surface area contributed by atoms with Crippen LogP contribution in [0.15, 0.2) is 0 Å². The van der Waals surface area contributed by atoms with Crippen molar-refractivity contribution in [2.45, 2.75) is 121 Å². The zero-order valence-electron chi connectivity index (χ0n) is 14.6. The zero-order valence-corrected chi connectivity index (χ0v) is 14.6. The molecule has 0 aromatic carbocycles. The molecule has 21 heavy (non-hydrogen) atoms. The van der Waals surface area contributed by atoms with E-state index in [-0.39, 0.29) is 0 Å². The average Bonchev–Trinajstić information content (AvgIpc) is 2.65. The molecule has 1 nitrogen and oxygen atoms in total. The lowest BCUT2D eigenvalue weighted by Gasteiger charge is -2.36. The maximum Gasteiger partial charge on any atom is 0.00951 e. The van der Waals surface area contributed by atoms with Crippen LogP contribution >= 0.6 is 0 Å². The average molecular weight is 294 g/mol. The molecule has 0 atom stereocenters. The fourth-order valence-corrected chi connectivity index (χ4v) is 4.51. The van der Waals surface area contributed by atoms with E-state index in [4.69, 9.17) is 0 Å². The molecule has 2 fully saturated rings. The monoisotopic (exact) mass is 293 g/mol. The minimum atomic E-state index is 0.883. The van der Waals surface area contributed by atoms with E-state index in [1.165, 1.54) is 109 Å². The number of nitrogens with zero attached hydrogens (tertiary/aromatic N) is 1. The molecule has 0 amide bonds. The number of hydrogen-bond donors (Lipinski definition) is 0. The number of rotatable bonds is 2. The third-order valence-corrected chi connectivity index (χ3v) is 6.05. The lowest BCUT2D eigenvalue weighted by molar-refractivity contribution is 0.132. The predicted molar refractivity (Wildman–Crippen MR) is 93.8 cm³/mol. The van der Waals surface area contributed by atoms with Gasteiger partial charge in [0, 0.05) is 12.1 Å². The Labute approximate surface area is 133 Å². The molecule has 1 heteroatoms. The predicted octanol–water partition coefficient (Wildman–Crippen LogP) is 6.31. The molecule has 0 unspecified atom stereocenters. The molecule has 2 rings (SSSR count). The molecule has 0 N–H and O–H groups in total. The van der Waals surface area contributed by atoms with Crippen LogP contribution in [0.2, 0.25) is 0 Å². The zero-order chi connectivity index (χ0) is 14.8. The molecular formula is C20H39N. The summed E-state index contributed by atoms with van der Waals surface area (Å²) in [5.74, 6) is 0.